The monoisotopic (exact) mass is 195 g/mol. The fraction of sp³-hybridized carbons (Fsp3) is 0. The molecule has 2 rings (SSSR count). The maximum Gasteiger partial charge on any atom is 0.0499 e. The highest BCUT2D eigenvalue weighted by Gasteiger charge is 1.99. The first-order valence-electron chi connectivity index (χ1n) is 3.53. The Morgan fingerprint density at radius 2 is 2.00 bits per heavy atom. The highest BCUT2D eigenvalue weighted by molar-refractivity contribution is 6.38. The van der Waals surface area contributed by atoms with Gasteiger partial charge in [-0.1, -0.05) is 41.4 Å². The van der Waals surface area contributed by atoms with Crippen molar-refractivity contribution in [2.24, 2.45) is 0 Å². The molecule has 0 spiro atoms. The zero-order chi connectivity index (χ0) is 8.55. The lowest BCUT2D eigenvalue weighted by Gasteiger charge is -1.99. The second-order valence-electron chi connectivity index (χ2n) is 2.52. The highest BCUT2D eigenvalue weighted by Crippen LogP contribution is 2.26. The first-order valence-corrected chi connectivity index (χ1v) is 4.28. The van der Waals surface area contributed by atoms with Gasteiger partial charge in [-0.3, -0.25) is 0 Å². The van der Waals surface area contributed by atoms with Gasteiger partial charge in [0.05, 0.1) is 0 Å². The van der Waals surface area contributed by atoms with E-state index in [0.29, 0.717) is 10.0 Å². The van der Waals surface area contributed by atoms with Crippen LogP contribution in [0, 0.1) is 6.07 Å². The summed E-state index contributed by atoms with van der Waals surface area (Å²) in [5.41, 5.74) is 0. The van der Waals surface area contributed by atoms with Gasteiger partial charge in [0.1, 0.15) is 0 Å². The maximum atomic E-state index is 5.96. The van der Waals surface area contributed by atoms with Crippen LogP contribution < -0.4 is 0 Å². The summed E-state index contributed by atoms with van der Waals surface area (Å²) in [6.45, 7) is 0. The third kappa shape index (κ3) is 1.28. The standard InChI is InChI=1S/C10H5Cl2/c11-8-5-7-3-1-2-4-9(7)10(12)6-8/h1-2,4-6H. The van der Waals surface area contributed by atoms with E-state index in [9.17, 15) is 0 Å². The molecule has 59 valence electrons. The van der Waals surface area contributed by atoms with Crippen LogP contribution in [0.2, 0.25) is 10.0 Å². The fourth-order valence-corrected chi connectivity index (χ4v) is 1.71. The topological polar surface area (TPSA) is 0 Å². The molecule has 1 radical (unpaired) electrons. The molecule has 0 bridgehead atoms. The average Bonchev–Trinajstić information content (AvgIpc) is 2.04. The van der Waals surface area contributed by atoms with E-state index in [2.05, 4.69) is 6.07 Å². The lowest BCUT2D eigenvalue weighted by Crippen LogP contribution is -1.74. The van der Waals surface area contributed by atoms with Crippen LogP contribution in [-0.4, -0.2) is 0 Å². The minimum Gasteiger partial charge on any atom is -0.0843 e. The highest BCUT2D eigenvalue weighted by atomic mass is 35.5. The van der Waals surface area contributed by atoms with Gasteiger partial charge in [-0.15, -0.1) is 0 Å². The molecule has 0 aliphatic rings. The summed E-state index contributed by atoms with van der Waals surface area (Å²) in [4.78, 5) is 0. The SMILES string of the molecule is Clc1cc(Cl)c2ccc[c]c2c1. The van der Waals surface area contributed by atoms with E-state index in [1.165, 1.54) is 0 Å². The number of halogens is 2. The number of benzene rings is 2. The Balaban J connectivity index is 2.89. The zero-order valence-corrected chi connectivity index (χ0v) is 7.65. The molecular weight excluding hydrogens is 191 g/mol. The Morgan fingerprint density at radius 3 is 2.83 bits per heavy atom. The molecule has 0 amide bonds. The van der Waals surface area contributed by atoms with Crippen LogP contribution in [-0.2, 0) is 0 Å². The molecule has 0 unspecified atom stereocenters. The molecule has 0 atom stereocenters. The van der Waals surface area contributed by atoms with Crippen molar-refractivity contribution in [2.45, 2.75) is 0 Å². The van der Waals surface area contributed by atoms with Gasteiger partial charge < -0.3 is 0 Å². The second-order valence-corrected chi connectivity index (χ2v) is 3.36. The van der Waals surface area contributed by atoms with Crippen molar-refractivity contribution in [3.05, 3.63) is 46.4 Å². The molecule has 0 saturated carbocycles. The Labute approximate surface area is 80.7 Å². The molecule has 12 heavy (non-hydrogen) atoms. The van der Waals surface area contributed by atoms with Crippen molar-refractivity contribution in [3.8, 4) is 0 Å². The molecule has 0 heterocycles. The fourth-order valence-electron chi connectivity index (χ4n) is 1.16. The molecule has 2 heteroatoms. The summed E-state index contributed by atoms with van der Waals surface area (Å²) >= 11 is 11.8. The van der Waals surface area contributed by atoms with Crippen molar-refractivity contribution < 1.29 is 0 Å². The summed E-state index contributed by atoms with van der Waals surface area (Å²) in [5, 5.41) is 3.27. The van der Waals surface area contributed by atoms with Crippen LogP contribution in [0.25, 0.3) is 10.8 Å². The third-order valence-electron chi connectivity index (χ3n) is 1.69. The van der Waals surface area contributed by atoms with Gasteiger partial charge >= 0.3 is 0 Å². The molecule has 0 aromatic heterocycles. The van der Waals surface area contributed by atoms with Crippen molar-refractivity contribution in [3.63, 3.8) is 0 Å². The quantitative estimate of drug-likeness (QED) is 0.598. The van der Waals surface area contributed by atoms with Crippen LogP contribution in [0.1, 0.15) is 0 Å². The smallest absolute Gasteiger partial charge is 0.0499 e. The van der Waals surface area contributed by atoms with Gasteiger partial charge in [0.25, 0.3) is 0 Å². The molecule has 0 aliphatic carbocycles. The van der Waals surface area contributed by atoms with Gasteiger partial charge in [0, 0.05) is 15.4 Å². The van der Waals surface area contributed by atoms with E-state index in [4.69, 9.17) is 23.2 Å². The van der Waals surface area contributed by atoms with E-state index in [0.717, 1.165) is 10.8 Å². The Morgan fingerprint density at radius 1 is 1.17 bits per heavy atom. The van der Waals surface area contributed by atoms with Crippen LogP contribution >= 0.6 is 23.2 Å². The van der Waals surface area contributed by atoms with Gasteiger partial charge in [-0.2, -0.15) is 0 Å². The number of hydrogen-bond acceptors (Lipinski definition) is 0. The van der Waals surface area contributed by atoms with Crippen molar-refractivity contribution in [1.29, 1.82) is 0 Å². The number of fused-ring (bicyclic) bond motifs is 1. The lowest BCUT2D eigenvalue weighted by molar-refractivity contribution is 1.73. The number of hydrogen-bond donors (Lipinski definition) is 0. The largest absolute Gasteiger partial charge is 0.0843 e. The molecule has 2 aromatic carbocycles. The summed E-state index contributed by atoms with van der Waals surface area (Å²) in [7, 11) is 0. The van der Waals surface area contributed by atoms with Gasteiger partial charge in [0.2, 0.25) is 0 Å². The van der Waals surface area contributed by atoms with Gasteiger partial charge in [-0.25, -0.2) is 0 Å². The predicted octanol–water partition coefficient (Wildman–Crippen LogP) is 3.95. The molecular formula is C10H5Cl2. The first kappa shape index (κ1) is 7.90. The van der Waals surface area contributed by atoms with Crippen molar-refractivity contribution in [1.82, 2.24) is 0 Å². The van der Waals surface area contributed by atoms with E-state index >= 15 is 0 Å². The Hall–Kier alpha value is -0.720. The van der Waals surface area contributed by atoms with E-state index < -0.39 is 0 Å². The maximum absolute atomic E-state index is 5.96. The van der Waals surface area contributed by atoms with Crippen LogP contribution in [0.15, 0.2) is 30.3 Å². The van der Waals surface area contributed by atoms with Crippen molar-refractivity contribution >= 4 is 34.0 Å². The predicted molar refractivity (Wildman–Crippen MR) is 52.8 cm³/mol. The molecule has 0 aliphatic heterocycles. The Kier molecular flexibility index (Phi) is 1.95. The minimum atomic E-state index is 0.648. The Bertz CT molecular complexity index is 421. The van der Waals surface area contributed by atoms with E-state index in [-0.39, 0.29) is 0 Å². The second kappa shape index (κ2) is 2.96. The summed E-state index contributed by atoms with van der Waals surface area (Å²) < 4.78 is 0. The minimum absolute atomic E-state index is 0.648. The normalized spacial score (nSPS) is 10.5. The van der Waals surface area contributed by atoms with E-state index in [1.807, 2.05) is 24.3 Å². The average molecular weight is 196 g/mol. The third-order valence-corrected chi connectivity index (χ3v) is 2.22. The first-order chi connectivity index (χ1) is 5.77. The lowest BCUT2D eigenvalue weighted by atomic mass is 10.1. The molecule has 0 fully saturated rings. The van der Waals surface area contributed by atoms with Gasteiger partial charge in [-0.05, 0) is 23.6 Å². The molecule has 0 saturated heterocycles. The van der Waals surface area contributed by atoms with Crippen LogP contribution in [0.3, 0.4) is 0 Å². The molecule has 2 aromatic rings. The van der Waals surface area contributed by atoms with E-state index in [1.54, 1.807) is 6.07 Å². The van der Waals surface area contributed by atoms with Gasteiger partial charge in [0.15, 0.2) is 0 Å². The summed E-state index contributed by atoms with van der Waals surface area (Å²) in [6.07, 6.45) is 0. The molecule has 0 N–H and O–H groups in total. The molecule has 0 nitrogen and oxygen atoms in total. The zero-order valence-electron chi connectivity index (χ0n) is 6.14. The van der Waals surface area contributed by atoms with Crippen molar-refractivity contribution in [2.75, 3.05) is 0 Å². The summed E-state index contributed by atoms with van der Waals surface area (Å²) in [6, 6.07) is 12.3. The summed E-state index contributed by atoms with van der Waals surface area (Å²) in [5.74, 6) is 0. The van der Waals surface area contributed by atoms with Crippen LogP contribution in [0.5, 0.6) is 0 Å². The number of rotatable bonds is 0. The van der Waals surface area contributed by atoms with Crippen LogP contribution in [0.4, 0.5) is 0 Å².